The topological polar surface area (TPSA) is 67.9 Å². The van der Waals surface area contributed by atoms with Gasteiger partial charge in [-0.05, 0) is 29.8 Å². The van der Waals surface area contributed by atoms with Gasteiger partial charge in [0.1, 0.15) is 18.6 Å². The first-order valence-electron chi connectivity index (χ1n) is 9.58. The standard InChI is InChI=1S/C22H24N2O4S/c1-22(2,3)21(26)23-15-6-4-14(5-7-15)20-24(19(25)13-29-20)16-8-9-17-18(12-16)28-11-10-27-17/h4-9,12,20H,10-11,13H2,1-3H3,(H,23,26). The van der Waals surface area contributed by atoms with Crippen LogP contribution in [0.4, 0.5) is 11.4 Å². The second-order valence-electron chi connectivity index (χ2n) is 8.08. The van der Waals surface area contributed by atoms with Crippen LogP contribution in [-0.2, 0) is 9.59 Å². The molecule has 7 heteroatoms. The summed E-state index contributed by atoms with van der Waals surface area (Å²) in [5.74, 6) is 1.81. The van der Waals surface area contributed by atoms with Crippen molar-refractivity contribution in [3.8, 4) is 11.5 Å². The van der Waals surface area contributed by atoms with Crippen LogP contribution < -0.4 is 19.7 Å². The summed E-state index contributed by atoms with van der Waals surface area (Å²) in [4.78, 5) is 26.6. The maximum atomic E-state index is 12.6. The van der Waals surface area contributed by atoms with Crippen molar-refractivity contribution in [1.82, 2.24) is 0 Å². The van der Waals surface area contributed by atoms with Gasteiger partial charge in [-0.3, -0.25) is 14.5 Å². The summed E-state index contributed by atoms with van der Waals surface area (Å²) in [5, 5.41) is 2.80. The number of fused-ring (bicyclic) bond motifs is 1. The lowest BCUT2D eigenvalue weighted by Gasteiger charge is -2.26. The highest BCUT2D eigenvalue weighted by Crippen LogP contribution is 2.44. The smallest absolute Gasteiger partial charge is 0.238 e. The summed E-state index contributed by atoms with van der Waals surface area (Å²) in [7, 11) is 0. The van der Waals surface area contributed by atoms with Crippen molar-refractivity contribution in [3.05, 3.63) is 48.0 Å². The van der Waals surface area contributed by atoms with Gasteiger partial charge in [0.25, 0.3) is 0 Å². The van der Waals surface area contributed by atoms with Gasteiger partial charge in [0.15, 0.2) is 11.5 Å². The SMILES string of the molecule is CC(C)(C)C(=O)Nc1ccc(C2SCC(=O)N2c2ccc3c(c2)OCCO3)cc1. The lowest BCUT2D eigenvalue weighted by Crippen LogP contribution is -2.28. The summed E-state index contributed by atoms with van der Waals surface area (Å²) in [6.45, 7) is 6.67. The molecule has 2 aliphatic heterocycles. The molecule has 29 heavy (non-hydrogen) atoms. The van der Waals surface area contributed by atoms with Crippen molar-refractivity contribution < 1.29 is 19.1 Å². The number of carbonyl (C=O) groups excluding carboxylic acids is 2. The molecule has 2 aliphatic rings. The predicted molar refractivity (Wildman–Crippen MR) is 115 cm³/mol. The molecule has 6 nitrogen and oxygen atoms in total. The van der Waals surface area contributed by atoms with Gasteiger partial charge in [-0.2, -0.15) is 0 Å². The number of anilines is 2. The van der Waals surface area contributed by atoms with Gasteiger partial charge in [-0.1, -0.05) is 32.9 Å². The highest BCUT2D eigenvalue weighted by Gasteiger charge is 2.34. The number of benzene rings is 2. The van der Waals surface area contributed by atoms with Gasteiger partial charge in [0, 0.05) is 22.9 Å². The Morgan fingerprint density at radius 1 is 1.07 bits per heavy atom. The molecule has 1 saturated heterocycles. The van der Waals surface area contributed by atoms with E-state index in [2.05, 4.69) is 5.32 Å². The van der Waals surface area contributed by atoms with Crippen molar-refractivity contribution in [2.24, 2.45) is 5.41 Å². The van der Waals surface area contributed by atoms with E-state index < -0.39 is 5.41 Å². The Hall–Kier alpha value is -2.67. The zero-order valence-corrected chi connectivity index (χ0v) is 17.5. The predicted octanol–water partition coefficient (Wildman–Crippen LogP) is 4.22. The maximum Gasteiger partial charge on any atom is 0.238 e. The van der Waals surface area contributed by atoms with E-state index in [0.717, 1.165) is 16.9 Å². The van der Waals surface area contributed by atoms with Crippen molar-refractivity contribution in [2.45, 2.75) is 26.1 Å². The number of nitrogens with zero attached hydrogens (tertiary/aromatic N) is 1. The molecule has 1 N–H and O–H groups in total. The lowest BCUT2D eigenvalue weighted by molar-refractivity contribution is -0.123. The quantitative estimate of drug-likeness (QED) is 0.818. The van der Waals surface area contributed by atoms with Crippen LogP contribution in [-0.4, -0.2) is 30.8 Å². The molecule has 2 amide bonds. The number of thioether (sulfide) groups is 1. The van der Waals surface area contributed by atoms with Crippen LogP contribution in [0.1, 0.15) is 31.7 Å². The lowest BCUT2D eigenvalue weighted by atomic mass is 9.95. The number of carbonyl (C=O) groups is 2. The largest absolute Gasteiger partial charge is 0.486 e. The van der Waals surface area contributed by atoms with E-state index in [-0.39, 0.29) is 17.2 Å². The molecular formula is C22H24N2O4S. The number of nitrogens with one attached hydrogen (secondary N) is 1. The molecule has 2 aromatic rings. The van der Waals surface area contributed by atoms with Crippen LogP contribution in [0.5, 0.6) is 11.5 Å². The molecular weight excluding hydrogens is 388 g/mol. The van der Waals surface area contributed by atoms with Gasteiger partial charge < -0.3 is 14.8 Å². The highest BCUT2D eigenvalue weighted by atomic mass is 32.2. The maximum absolute atomic E-state index is 12.6. The second kappa shape index (κ2) is 7.63. The fourth-order valence-corrected chi connectivity index (χ4v) is 4.36. The molecule has 0 spiro atoms. The Bertz CT molecular complexity index is 937. The Morgan fingerprint density at radius 3 is 2.45 bits per heavy atom. The molecule has 4 rings (SSSR count). The van der Waals surface area contributed by atoms with Crippen LogP contribution in [0.25, 0.3) is 0 Å². The summed E-state index contributed by atoms with van der Waals surface area (Å²) in [6.07, 6.45) is 0. The first-order chi connectivity index (χ1) is 13.8. The molecule has 0 aliphatic carbocycles. The summed E-state index contributed by atoms with van der Waals surface area (Å²) in [5.41, 5.74) is 2.08. The number of rotatable bonds is 3. The third kappa shape index (κ3) is 4.05. The Labute approximate surface area is 174 Å². The van der Waals surface area contributed by atoms with Gasteiger partial charge in [0.2, 0.25) is 11.8 Å². The average molecular weight is 413 g/mol. The van der Waals surface area contributed by atoms with Crippen LogP contribution in [0, 0.1) is 5.41 Å². The van der Waals surface area contributed by atoms with Crippen molar-refractivity contribution in [1.29, 1.82) is 0 Å². The van der Waals surface area contributed by atoms with Crippen molar-refractivity contribution in [3.63, 3.8) is 0 Å². The van der Waals surface area contributed by atoms with Gasteiger partial charge in [-0.25, -0.2) is 0 Å². The van der Waals surface area contributed by atoms with E-state index >= 15 is 0 Å². The number of hydrogen-bond donors (Lipinski definition) is 1. The minimum atomic E-state index is -0.457. The minimum Gasteiger partial charge on any atom is -0.486 e. The molecule has 1 unspecified atom stereocenters. The van der Waals surface area contributed by atoms with Crippen LogP contribution in [0.2, 0.25) is 0 Å². The minimum absolute atomic E-state index is 0.0337. The summed E-state index contributed by atoms with van der Waals surface area (Å²) < 4.78 is 11.2. The van der Waals surface area contributed by atoms with Gasteiger partial charge >= 0.3 is 0 Å². The van der Waals surface area contributed by atoms with Gasteiger partial charge in [0.05, 0.1) is 5.75 Å². The number of ether oxygens (including phenoxy) is 2. The third-order valence-corrected chi connectivity index (χ3v) is 6.02. The molecule has 0 aromatic heterocycles. The summed E-state index contributed by atoms with van der Waals surface area (Å²) in [6, 6.07) is 13.3. The third-order valence-electron chi connectivity index (χ3n) is 4.81. The fourth-order valence-electron chi connectivity index (χ4n) is 3.18. The van der Waals surface area contributed by atoms with E-state index in [1.165, 1.54) is 0 Å². The molecule has 1 fully saturated rings. The van der Waals surface area contributed by atoms with Crippen molar-refractivity contribution >= 4 is 35.0 Å². The van der Waals surface area contributed by atoms with E-state index in [1.807, 2.05) is 63.2 Å². The first-order valence-corrected chi connectivity index (χ1v) is 10.6. The zero-order valence-electron chi connectivity index (χ0n) is 16.7. The number of amides is 2. The molecule has 152 valence electrons. The normalized spacial score (nSPS) is 18.7. The number of hydrogen-bond acceptors (Lipinski definition) is 5. The van der Waals surface area contributed by atoms with E-state index in [1.54, 1.807) is 16.7 Å². The van der Waals surface area contributed by atoms with Crippen LogP contribution in [0.15, 0.2) is 42.5 Å². The van der Waals surface area contributed by atoms with Crippen molar-refractivity contribution in [2.75, 3.05) is 29.2 Å². The highest BCUT2D eigenvalue weighted by molar-refractivity contribution is 8.00. The van der Waals surface area contributed by atoms with E-state index in [9.17, 15) is 9.59 Å². The molecule has 0 bridgehead atoms. The van der Waals surface area contributed by atoms with E-state index in [4.69, 9.17) is 9.47 Å². The van der Waals surface area contributed by atoms with Crippen LogP contribution >= 0.6 is 11.8 Å². The first kappa shape index (κ1) is 19.6. The van der Waals surface area contributed by atoms with E-state index in [0.29, 0.717) is 30.5 Å². The Balaban J connectivity index is 1.56. The second-order valence-corrected chi connectivity index (χ2v) is 9.15. The Morgan fingerprint density at radius 2 is 1.76 bits per heavy atom. The Kier molecular flexibility index (Phi) is 5.17. The molecule has 1 atom stereocenters. The van der Waals surface area contributed by atoms with Crippen LogP contribution in [0.3, 0.4) is 0 Å². The van der Waals surface area contributed by atoms with Gasteiger partial charge in [-0.15, -0.1) is 11.8 Å². The monoisotopic (exact) mass is 412 g/mol. The average Bonchev–Trinajstić information content (AvgIpc) is 3.09. The summed E-state index contributed by atoms with van der Waals surface area (Å²) >= 11 is 1.58. The fraction of sp³-hybridized carbons (Fsp3) is 0.364. The molecule has 2 heterocycles. The molecule has 0 radical (unpaired) electrons. The zero-order chi connectivity index (χ0) is 20.6. The molecule has 0 saturated carbocycles. The molecule has 2 aromatic carbocycles.